The van der Waals surface area contributed by atoms with E-state index in [1.54, 1.807) is 0 Å². The first kappa shape index (κ1) is 15.3. The lowest BCUT2D eigenvalue weighted by molar-refractivity contribution is 0.161. The summed E-state index contributed by atoms with van der Waals surface area (Å²) >= 11 is 0. The Morgan fingerprint density at radius 2 is 1.95 bits per heavy atom. The van der Waals surface area contributed by atoms with Crippen molar-refractivity contribution >= 4 is 0 Å². The molecule has 1 aliphatic heterocycles. The number of rotatable bonds is 6. The van der Waals surface area contributed by atoms with E-state index in [0.717, 1.165) is 18.0 Å². The van der Waals surface area contributed by atoms with Crippen LogP contribution in [0.25, 0.3) is 0 Å². The van der Waals surface area contributed by atoms with E-state index in [0.29, 0.717) is 0 Å². The molecular formula is C17H34N2. The molecule has 0 aromatic carbocycles. The lowest BCUT2D eigenvalue weighted by Gasteiger charge is -2.33. The summed E-state index contributed by atoms with van der Waals surface area (Å²) in [7, 11) is 0. The predicted molar refractivity (Wildman–Crippen MR) is 83.5 cm³/mol. The van der Waals surface area contributed by atoms with E-state index in [1.165, 1.54) is 77.4 Å². The van der Waals surface area contributed by atoms with Gasteiger partial charge in [-0.2, -0.15) is 0 Å². The van der Waals surface area contributed by atoms with Crippen LogP contribution in [0.3, 0.4) is 0 Å². The Bertz CT molecular complexity index is 235. The zero-order valence-corrected chi connectivity index (χ0v) is 13.2. The SMILES string of the molecule is CCCCN(CC1CCCN1)C1CCCC(C)CC1. The average Bonchev–Trinajstić information content (AvgIpc) is 2.82. The van der Waals surface area contributed by atoms with Crippen molar-refractivity contribution in [2.24, 2.45) is 5.92 Å². The minimum atomic E-state index is 0.775. The summed E-state index contributed by atoms with van der Waals surface area (Å²) in [6, 6.07) is 1.65. The van der Waals surface area contributed by atoms with Crippen molar-refractivity contribution in [3.63, 3.8) is 0 Å². The zero-order chi connectivity index (χ0) is 13.5. The smallest absolute Gasteiger partial charge is 0.0195 e. The van der Waals surface area contributed by atoms with Gasteiger partial charge < -0.3 is 5.32 Å². The maximum Gasteiger partial charge on any atom is 0.0195 e. The van der Waals surface area contributed by atoms with Crippen LogP contribution in [0.5, 0.6) is 0 Å². The Kier molecular flexibility index (Phi) is 6.66. The van der Waals surface area contributed by atoms with Crippen molar-refractivity contribution in [2.45, 2.75) is 83.7 Å². The third-order valence-corrected chi connectivity index (χ3v) is 5.16. The van der Waals surface area contributed by atoms with Crippen molar-refractivity contribution in [1.29, 1.82) is 0 Å². The monoisotopic (exact) mass is 266 g/mol. The predicted octanol–water partition coefficient (Wildman–Crippen LogP) is 3.81. The van der Waals surface area contributed by atoms with Gasteiger partial charge in [0.05, 0.1) is 0 Å². The van der Waals surface area contributed by atoms with E-state index in [4.69, 9.17) is 0 Å². The fourth-order valence-corrected chi connectivity index (χ4v) is 3.81. The molecule has 2 aliphatic rings. The molecule has 112 valence electrons. The first-order valence-corrected chi connectivity index (χ1v) is 8.77. The molecule has 2 rings (SSSR count). The van der Waals surface area contributed by atoms with Crippen LogP contribution >= 0.6 is 0 Å². The van der Waals surface area contributed by atoms with Crippen LogP contribution in [-0.2, 0) is 0 Å². The Hall–Kier alpha value is -0.0800. The van der Waals surface area contributed by atoms with Gasteiger partial charge in [0.25, 0.3) is 0 Å². The highest BCUT2D eigenvalue weighted by atomic mass is 15.2. The molecule has 0 bridgehead atoms. The highest BCUT2D eigenvalue weighted by molar-refractivity contribution is 4.83. The number of nitrogens with one attached hydrogen (secondary N) is 1. The summed E-state index contributed by atoms with van der Waals surface area (Å²) < 4.78 is 0. The summed E-state index contributed by atoms with van der Waals surface area (Å²) in [4.78, 5) is 2.84. The van der Waals surface area contributed by atoms with Crippen LogP contribution in [0.15, 0.2) is 0 Å². The molecule has 0 radical (unpaired) electrons. The van der Waals surface area contributed by atoms with E-state index in [-0.39, 0.29) is 0 Å². The largest absolute Gasteiger partial charge is 0.313 e. The molecule has 0 amide bonds. The number of nitrogens with zero attached hydrogens (tertiary/aromatic N) is 1. The van der Waals surface area contributed by atoms with Crippen LogP contribution in [0.2, 0.25) is 0 Å². The van der Waals surface area contributed by atoms with E-state index in [2.05, 4.69) is 24.1 Å². The van der Waals surface area contributed by atoms with Gasteiger partial charge in [-0.1, -0.05) is 33.1 Å². The second-order valence-electron chi connectivity index (χ2n) is 6.91. The zero-order valence-electron chi connectivity index (χ0n) is 13.2. The molecular weight excluding hydrogens is 232 g/mol. The Labute approximate surface area is 120 Å². The minimum Gasteiger partial charge on any atom is -0.313 e. The van der Waals surface area contributed by atoms with Gasteiger partial charge in [0, 0.05) is 18.6 Å². The molecule has 2 nitrogen and oxygen atoms in total. The molecule has 2 heteroatoms. The average molecular weight is 266 g/mol. The third kappa shape index (κ3) is 5.07. The lowest BCUT2D eigenvalue weighted by Crippen LogP contribution is -2.43. The van der Waals surface area contributed by atoms with Crippen molar-refractivity contribution in [3.8, 4) is 0 Å². The molecule has 0 spiro atoms. The van der Waals surface area contributed by atoms with Crippen LogP contribution in [-0.4, -0.2) is 36.6 Å². The molecule has 1 aliphatic carbocycles. The first-order valence-electron chi connectivity index (χ1n) is 8.77. The Balaban J connectivity index is 1.86. The third-order valence-electron chi connectivity index (χ3n) is 5.16. The van der Waals surface area contributed by atoms with Crippen LogP contribution in [0, 0.1) is 5.92 Å². The summed E-state index contributed by atoms with van der Waals surface area (Å²) in [5.74, 6) is 0.961. The molecule has 0 aromatic heterocycles. The van der Waals surface area contributed by atoms with Gasteiger partial charge in [0.2, 0.25) is 0 Å². The highest BCUT2D eigenvalue weighted by Crippen LogP contribution is 2.26. The van der Waals surface area contributed by atoms with Gasteiger partial charge in [-0.3, -0.25) is 4.90 Å². The summed E-state index contributed by atoms with van der Waals surface area (Å²) in [6.45, 7) is 8.64. The van der Waals surface area contributed by atoms with Gasteiger partial charge in [0.1, 0.15) is 0 Å². The molecule has 1 saturated carbocycles. The maximum atomic E-state index is 3.69. The molecule has 3 unspecified atom stereocenters. The van der Waals surface area contributed by atoms with Crippen LogP contribution in [0.1, 0.15) is 71.6 Å². The van der Waals surface area contributed by atoms with E-state index in [1.807, 2.05) is 0 Å². The van der Waals surface area contributed by atoms with Crippen molar-refractivity contribution < 1.29 is 0 Å². The number of unbranched alkanes of at least 4 members (excludes halogenated alkanes) is 1. The van der Waals surface area contributed by atoms with Gasteiger partial charge in [-0.05, 0) is 57.5 Å². The summed E-state index contributed by atoms with van der Waals surface area (Å²) in [5, 5.41) is 3.69. The molecule has 3 atom stereocenters. The molecule has 19 heavy (non-hydrogen) atoms. The fourth-order valence-electron chi connectivity index (χ4n) is 3.81. The standard InChI is InChI=1S/C17H34N2/c1-3-4-13-19(14-16-8-6-12-18-16)17-9-5-7-15(2)10-11-17/h15-18H,3-14H2,1-2H3. The van der Waals surface area contributed by atoms with Crippen molar-refractivity contribution in [1.82, 2.24) is 10.2 Å². The van der Waals surface area contributed by atoms with E-state index < -0.39 is 0 Å². The summed E-state index contributed by atoms with van der Waals surface area (Å²) in [6.07, 6.45) is 12.7. The topological polar surface area (TPSA) is 15.3 Å². The fraction of sp³-hybridized carbons (Fsp3) is 1.00. The summed E-state index contributed by atoms with van der Waals surface area (Å²) in [5.41, 5.74) is 0. The second-order valence-corrected chi connectivity index (χ2v) is 6.91. The molecule has 0 aromatic rings. The second kappa shape index (κ2) is 8.26. The maximum absolute atomic E-state index is 3.69. The quantitative estimate of drug-likeness (QED) is 0.736. The van der Waals surface area contributed by atoms with Crippen molar-refractivity contribution in [3.05, 3.63) is 0 Å². The van der Waals surface area contributed by atoms with Gasteiger partial charge in [-0.15, -0.1) is 0 Å². The molecule has 1 heterocycles. The van der Waals surface area contributed by atoms with Crippen LogP contribution < -0.4 is 5.32 Å². The molecule has 1 N–H and O–H groups in total. The lowest BCUT2D eigenvalue weighted by atomic mass is 10.0. The molecule has 2 fully saturated rings. The number of hydrogen-bond acceptors (Lipinski definition) is 2. The van der Waals surface area contributed by atoms with Gasteiger partial charge in [-0.25, -0.2) is 0 Å². The highest BCUT2D eigenvalue weighted by Gasteiger charge is 2.25. The first-order chi connectivity index (χ1) is 9.29. The Morgan fingerprint density at radius 3 is 2.68 bits per heavy atom. The normalized spacial score (nSPS) is 32.7. The number of hydrogen-bond donors (Lipinski definition) is 1. The van der Waals surface area contributed by atoms with Gasteiger partial charge in [0.15, 0.2) is 0 Å². The Morgan fingerprint density at radius 1 is 1.05 bits per heavy atom. The molecule has 1 saturated heterocycles. The van der Waals surface area contributed by atoms with Crippen molar-refractivity contribution in [2.75, 3.05) is 19.6 Å². The van der Waals surface area contributed by atoms with E-state index in [9.17, 15) is 0 Å². The minimum absolute atomic E-state index is 0.775. The van der Waals surface area contributed by atoms with Gasteiger partial charge >= 0.3 is 0 Å². The van der Waals surface area contributed by atoms with E-state index >= 15 is 0 Å². The van der Waals surface area contributed by atoms with Crippen LogP contribution in [0.4, 0.5) is 0 Å².